The predicted octanol–water partition coefficient (Wildman–Crippen LogP) is -0.298. The molecule has 1 fully saturated rings. The highest BCUT2D eigenvalue weighted by Gasteiger charge is 2.28. The highest BCUT2D eigenvalue weighted by molar-refractivity contribution is 5.95. The second kappa shape index (κ2) is 3.53. The lowest BCUT2D eigenvalue weighted by molar-refractivity contribution is -0.136. The van der Waals surface area contributed by atoms with E-state index in [-0.39, 0.29) is 5.91 Å². The number of ether oxygens (including phenoxy) is 1. The maximum absolute atomic E-state index is 11.3. The van der Waals surface area contributed by atoms with Gasteiger partial charge in [0, 0.05) is 13.7 Å². The molecule has 0 aromatic rings. The van der Waals surface area contributed by atoms with E-state index in [1.54, 1.807) is 0 Å². The fourth-order valence-corrected chi connectivity index (χ4v) is 1.10. The maximum Gasteiger partial charge on any atom is 0.321 e. The third kappa shape index (κ3) is 1.73. The molecular weight excluding hydrogens is 160 g/mol. The lowest BCUT2D eigenvalue weighted by Gasteiger charge is -2.15. The van der Waals surface area contributed by atoms with Gasteiger partial charge in [-0.3, -0.25) is 9.69 Å². The third-order valence-electron chi connectivity index (χ3n) is 1.87. The molecule has 3 amide bonds. The Morgan fingerprint density at radius 3 is 2.67 bits per heavy atom. The van der Waals surface area contributed by atoms with Crippen LogP contribution < -0.4 is 5.73 Å². The van der Waals surface area contributed by atoms with Crippen LogP contribution in [0.5, 0.6) is 0 Å². The van der Waals surface area contributed by atoms with E-state index >= 15 is 0 Å². The second-order valence-electron chi connectivity index (χ2n) is 2.74. The number of urea groups is 1. The summed E-state index contributed by atoms with van der Waals surface area (Å²) in [7, 11) is 1.35. The number of hydrogen-bond acceptors (Lipinski definition) is 3. The summed E-state index contributed by atoms with van der Waals surface area (Å²) in [6, 6.07) is -0.740. The first-order valence-electron chi connectivity index (χ1n) is 3.81. The van der Waals surface area contributed by atoms with Gasteiger partial charge in [0.2, 0.25) is 0 Å². The topological polar surface area (TPSA) is 72.6 Å². The number of amides is 3. The Morgan fingerprint density at radius 2 is 2.25 bits per heavy atom. The molecule has 1 unspecified atom stereocenters. The predicted molar refractivity (Wildman–Crippen MR) is 41.3 cm³/mol. The monoisotopic (exact) mass is 172 g/mol. The van der Waals surface area contributed by atoms with Gasteiger partial charge in [0.1, 0.15) is 6.10 Å². The van der Waals surface area contributed by atoms with E-state index in [2.05, 4.69) is 0 Å². The molecule has 1 saturated heterocycles. The van der Waals surface area contributed by atoms with Gasteiger partial charge < -0.3 is 10.5 Å². The van der Waals surface area contributed by atoms with Gasteiger partial charge in [-0.25, -0.2) is 4.79 Å². The Labute approximate surface area is 70.5 Å². The largest absolute Gasteiger partial charge is 0.368 e. The number of rotatable bonds is 1. The van der Waals surface area contributed by atoms with Crippen molar-refractivity contribution >= 4 is 11.9 Å². The van der Waals surface area contributed by atoms with Crippen LogP contribution in [0.4, 0.5) is 4.79 Å². The Hall–Kier alpha value is -1.10. The molecule has 0 aliphatic carbocycles. The number of hydrogen-bond donors (Lipinski definition) is 1. The molecule has 1 atom stereocenters. The average molecular weight is 172 g/mol. The molecule has 1 heterocycles. The third-order valence-corrected chi connectivity index (χ3v) is 1.87. The number of nitrogens with two attached hydrogens (primary N) is 1. The van der Waals surface area contributed by atoms with Crippen LogP contribution in [0.25, 0.3) is 0 Å². The molecule has 0 aromatic heterocycles. The fraction of sp³-hybridized carbons (Fsp3) is 0.714. The van der Waals surface area contributed by atoms with E-state index in [1.165, 1.54) is 7.05 Å². The number of primary amides is 1. The van der Waals surface area contributed by atoms with Gasteiger partial charge in [0.25, 0.3) is 5.91 Å². The van der Waals surface area contributed by atoms with Crippen molar-refractivity contribution in [3.63, 3.8) is 0 Å². The normalized spacial score (nSPS) is 22.2. The quantitative estimate of drug-likeness (QED) is 0.590. The fourth-order valence-electron chi connectivity index (χ4n) is 1.10. The molecule has 12 heavy (non-hydrogen) atoms. The summed E-state index contributed by atoms with van der Waals surface area (Å²) in [5.41, 5.74) is 4.92. The van der Waals surface area contributed by atoms with Crippen LogP contribution in [0.3, 0.4) is 0 Å². The first-order valence-corrected chi connectivity index (χ1v) is 3.81. The maximum atomic E-state index is 11.3. The van der Waals surface area contributed by atoms with E-state index < -0.39 is 12.1 Å². The number of imide groups is 1. The minimum absolute atomic E-state index is 0.347. The Bertz CT molecular complexity index is 199. The van der Waals surface area contributed by atoms with Gasteiger partial charge in [-0.2, -0.15) is 0 Å². The highest BCUT2D eigenvalue weighted by atomic mass is 16.5. The Balaban J connectivity index is 2.51. The summed E-state index contributed by atoms with van der Waals surface area (Å²) < 4.78 is 5.09. The minimum atomic E-state index is -0.740. The van der Waals surface area contributed by atoms with Crippen molar-refractivity contribution < 1.29 is 14.3 Å². The molecule has 0 radical (unpaired) electrons. The van der Waals surface area contributed by atoms with Crippen molar-refractivity contribution in [3.05, 3.63) is 0 Å². The van der Waals surface area contributed by atoms with Crippen LogP contribution in [0, 0.1) is 0 Å². The standard InChI is InChI=1S/C7H12N2O3/c1-9(7(8)11)6(10)5-3-2-4-12-5/h5H,2-4H2,1H3,(H2,8,11). The van der Waals surface area contributed by atoms with Crippen molar-refractivity contribution in [1.29, 1.82) is 0 Å². The number of likely N-dealkylation sites (N-methyl/N-ethyl adjacent to an activating group) is 1. The molecule has 2 N–H and O–H groups in total. The summed E-state index contributed by atoms with van der Waals surface area (Å²) in [6.45, 7) is 0.586. The van der Waals surface area contributed by atoms with Crippen LogP contribution in [-0.4, -0.2) is 36.6 Å². The zero-order valence-electron chi connectivity index (χ0n) is 6.95. The van der Waals surface area contributed by atoms with Crippen LogP contribution in [-0.2, 0) is 9.53 Å². The van der Waals surface area contributed by atoms with Gasteiger partial charge in [0.05, 0.1) is 0 Å². The Morgan fingerprint density at radius 1 is 1.58 bits per heavy atom. The van der Waals surface area contributed by atoms with Crippen molar-refractivity contribution in [2.24, 2.45) is 5.73 Å². The molecule has 68 valence electrons. The van der Waals surface area contributed by atoms with Gasteiger partial charge in [0.15, 0.2) is 0 Å². The summed E-state index contributed by atoms with van der Waals surface area (Å²) in [5.74, 6) is -0.347. The molecule has 1 aliphatic rings. The summed E-state index contributed by atoms with van der Waals surface area (Å²) >= 11 is 0. The smallest absolute Gasteiger partial charge is 0.321 e. The van der Waals surface area contributed by atoms with Crippen molar-refractivity contribution in [2.45, 2.75) is 18.9 Å². The van der Waals surface area contributed by atoms with E-state index in [0.29, 0.717) is 13.0 Å². The summed E-state index contributed by atoms with van der Waals surface area (Å²) in [4.78, 5) is 22.7. The van der Waals surface area contributed by atoms with Crippen LogP contribution in [0.1, 0.15) is 12.8 Å². The van der Waals surface area contributed by atoms with E-state index in [4.69, 9.17) is 10.5 Å². The highest BCUT2D eigenvalue weighted by Crippen LogP contribution is 2.13. The van der Waals surface area contributed by atoms with Gasteiger partial charge in [-0.05, 0) is 12.8 Å². The molecule has 5 nitrogen and oxygen atoms in total. The lowest BCUT2D eigenvalue weighted by Crippen LogP contribution is -2.42. The summed E-state index contributed by atoms with van der Waals surface area (Å²) in [6.07, 6.45) is 1.07. The SMILES string of the molecule is CN(C(N)=O)C(=O)C1CCCO1. The molecule has 1 aliphatic heterocycles. The molecular formula is C7H12N2O3. The first kappa shape index (κ1) is 8.99. The van der Waals surface area contributed by atoms with Gasteiger partial charge in [-0.15, -0.1) is 0 Å². The summed E-state index contributed by atoms with van der Waals surface area (Å²) in [5, 5.41) is 0. The molecule has 0 saturated carbocycles. The zero-order chi connectivity index (χ0) is 9.14. The van der Waals surface area contributed by atoms with Gasteiger partial charge >= 0.3 is 6.03 Å². The van der Waals surface area contributed by atoms with Gasteiger partial charge in [-0.1, -0.05) is 0 Å². The van der Waals surface area contributed by atoms with Crippen LogP contribution >= 0.6 is 0 Å². The Kier molecular flexibility index (Phi) is 2.65. The minimum Gasteiger partial charge on any atom is -0.368 e. The van der Waals surface area contributed by atoms with E-state index in [1.807, 2.05) is 0 Å². The van der Waals surface area contributed by atoms with Crippen LogP contribution in [0.2, 0.25) is 0 Å². The van der Waals surface area contributed by atoms with Crippen molar-refractivity contribution in [3.8, 4) is 0 Å². The number of carbonyl (C=O) groups excluding carboxylic acids is 2. The lowest BCUT2D eigenvalue weighted by atomic mass is 10.2. The molecule has 5 heteroatoms. The molecule has 1 rings (SSSR count). The molecule has 0 spiro atoms. The first-order chi connectivity index (χ1) is 5.63. The van der Waals surface area contributed by atoms with Crippen molar-refractivity contribution in [1.82, 2.24) is 4.90 Å². The number of carbonyl (C=O) groups is 2. The number of nitrogens with zero attached hydrogens (tertiary/aromatic N) is 1. The van der Waals surface area contributed by atoms with E-state index in [0.717, 1.165) is 11.3 Å². The van der Waals surface area contributed by atoms with E-state index in [9.17, 15) is 9.59 Å². The zero-order valence-corrected chi connectivity index (χ0v) is 6.95. The van der Waals surface area contributed by atoms with Crippen LogP contribution in [0.15, 0.2) is 0 Å². The van der Waals surface area contributed by atoms with Crippen molar-refractivity contribution in [2.75, 3.05) is 13.7 Å². The average Bonchev–Trinajstić information content (AvgIpc) is 2.53. The molecule has 0 bridgehead atoms. The second-order valence-corrected chi connectivity index (χ2v) is 2.74. The molecule has 0 aromatic carbocycles.